The van der Waals surface area contributed by atoms with Crippen LogP contribution in [-0.2, 0) is 18.3 Å². The topological polar surface area (TPSA) is 68.1 Å². The summed E-state index contributed by atoms with van der Waals surface area (Å²) in [5, 5.41) is 1.50. The van der Waals surface area contributed by atoms with Gasteiger partial charge in [-0.3, -0.25) is 14.2 Å². The molecule has 29 heavy (non-hydrogen) atoms. The van der Waals surface area contributed by atoms with E-state index in [9.17, 15) is 9.59 Å². The van der Waals surface area contributed by atoms with Gasteiger partial charge < -0.3 is 4.90 Å². The first-order valence-electron chi connectivity index (χ1n) is 9.51. The molecule has 0 fully saturated rings. The summed E-state index contributed by atoms with van der Waals surface area (Å²) < 4.78 is 2.65. The minimum atomic E-state index is -0.117. The smallest absolute Gasteiger partial charge is 0.261 e. The van der Waals surface area contributed by atoms with Crippen LogP contribution in [0.15, 0.2) is 53.3 Å². The van der Waals surface area contributed by atoms with Gasteiger partial charge in [0, 0.05) is 26.9 Å². The number of amides is 1. The summed E-state index contributed by atoms with van der Waals surface area (Å²) in [6.07, 6.45) is 0.691. The Morgan fingerprint density at radius 3 is 2.55 bits per heavy atom. The molecule has 148 valence electrons. The lowest BCUT2D eigenvalue weighted by molar-refractivity contribution is -0.131. The summed E-state index contributed by atoms with van der Waals surface area (Å²) in [5.41, 5.74) is 1.53. The first-order chi connectivity index (χ1) is 14.0. The van der Waals surface area contributed by atoms with Crippen LogP contribution in [0.3, 0.4) is 0 Å². The van der Waals surface area contributed by atoms with Gasteiger partial charge in [-0.2, -0.15) is 0 Å². The fraction of sp³-hybridized carbons (Fsp3) is 0.273. The van der Waals surface area contributed by atoms with Crippen molar-refractivity contribution < 1.29 is 4.79 Å². The highest BCUT2D eigenvalue weighted by atomic mass is 32.1. The summed E-state index contributed by atoms with van der Waals surface area (Å²) in [6.45, 7) is 1.99. The summed E-state index contributed by atoms with van der Waals surface area (Å²) in [4.78, 5) is 36.3. The lowest BCUT2D eigenvalue weighted by Gasteiger charge is -2.23. The molecule has 4 aromatic rings. The predicted octanol–water partition coefficient (Wildman–Crippen LogP) is 3.70. The number of rotatable bonds is 5. The van der Waals surface area contributed by atoms with Crippen molar-refractivity contribution in [3.63, 3.8) is 0 Å². The third-order valence-corrected chi connectivity index (χ3v) is 6.49. The van der Waals surface area contributed by atoms with Gasteiger partial charge >= 0.3 is 0 Å². The number of aryl methyl sites for hydroxylation is 1. The normalized spacial score (nSPS) is 12.4. The second-order valence-electron chi connectivity index (χ2n) is 7.11. The Balaban J connectivity index is 1.50. The van der Waals surface area contributed by atoms with E-state index in [-0.39, 0.29) is 23.9 Å². The lowest BCUT2D eigenvalue weighted by Crippen LogP contribution is -2.30. The molecule has 0 bridgehead atoms. The van der Waals surface area contributed by atoms with Crippen LogP contribution in [0, 0.1) is 0 Å². The van der Waals surface area contributed by atoms with Crippen molar-refractivity contribution in [1.29, 1.82) is 0 Å². The van der Waals surface area contributed by atoms with E-state index < -0.39 is 0 Å². The number of aromatic nitrogens is 3. The van der Waals surface area contributed by atoms with E-state index in [0.717, 1.165) is 15.2 Å². The van der Waals surface area contributed by atoms with Gasteiger partial charge in [-0.1, -0.05) is 24.3 Å². The van der Waals surface area contributed by atoms with Gasteiger partial charge in [0.05, 0.1) is 27.2 Å². The molecule has 2 aromatic heterocycles. The number of fused-ring (bicyclic) bond motifs is 2. The van der Waals surface area contributed by atoms with Gasteiger partial charge in [-0.25, -0.2) is 9.97 Å². The molecule has 2 aromatic carbocycles. The number of nitrogens with zero attached hydrogens (tertiary/aromatic N) is 4. The Labute approximate surface area is 172 Å². The molecule has 1 amide bonds. The molecule has 0 unspecified atom stereocenters. The molecule has 0 radical (unpaired) electrons. The van der Waals surface area contributed by atoms with Gasteiger partial charge in [-0.05, 0) is 31.2 Å². The summed E-state index contributed by atoms with van der Waals surface area (Å²) in [6, 6.07) is 15.1. The SMILES string of the molecule is C[C@H](c1nc2ccccc2s1)N(C)C(=O)CCc1nc2ccccc2c(=O)n1C. The van der Waals surface area contributed by atoms with E-state index in [1.54, 1.807) is 36.4 Å². The van der Waals surface area contributed by atoms with Crippen LogP contribution >= 0.6 is 11.3 Å². The average Bonchev–Trinajstić information content (AvgIpc) is 3.18. The number of para-hydroxylation sites is 2. The van der Waals surface area contributed by atoms with E-state index in [1.807, 2.05) is 49.4 Å². The van der Waals surface area contributed by atoms with Crippen LogP contribution in [-0.4, -0.2) is 32.4 Å². The number of thiazole rings is 1. The fourth-order valence-electron chi connectivity index (χ4n) is 3.33. The molecule has 0 aliphatic heterocycles. The van der Waals surface area contributed by atoms with Crippen molar-refractivity contribution in [2.24, 2.45) is 7.05 Å². The maximum absolute atomic E-state index is 12.8. The number of carbonyl (C=O) groups is 1. The fourth-order valence-corrected chi connectivity index (χ4v) is 4.40. The van der Waals surface area contributed by atoms with Crippen LogP contribution in [0.25, 0.3) is 21.1 Å². The molecule has 4 rings (SSSR count). The van der Waals surface area contributed by atoms with Gasteiger partial charge in [0.25, 0.3) is 5.56 Å². The van der Waals surface area contributed by atoms with Crippen molar-refractivity contribution in [3.05, 3.63) is 69.7 Å². The van der Waals surface area contributed by atoms with E-state index in [4.69, 9.17) is 0 Å². The van der Waals surface area contributed by atoms with E-state index >= 15 is 0 Å². The minimum Gasteiger partial charge on any atom is -0.337 e. The Hall–Kier alpha value is -3.06. The largest absolute Gasteiger partial charge is 0.337 e. The van der Waals surface area contributed by atoms with Crippen molar-refractivity contribution in [2.75, 3.05) is 7.05 Å². The second-order valence-corrected chi connectivity index (χ2v) is 8.17. The molecule has 1 atom stereocenters. The maximum Gasteiger partial charge on any atom is 0.261 e. The zero-order chi connectivity index (χ0) is 20.5. The Morgan fingerprint density at radius 2 is 1.79 bits per heavy atom. The highest BCUT2D eigenvalue weighted by Gasteiger charge is 2.21. The third kappa shape index (κ3) is 3.65. The van der Waals surface area contributed by atoms with Crippen molar-refractivity contribution in [1.82, 2.24) is 19.4 Å². The second kappa shape index (κ2) is 7.75. The van der Waals surface area contributed by atoms with Crippen LogP contribution in [0.2, 0.25) is 0 Å². The first-order valence-corrected chi connectivity index (χ1v) is 10.3. The monoisotopic (exact) mass is 406 g/mol. The van der Waals surface area contributed by atoms with Gasteiger partial charge in [0.1, 0.15) is 10.8 Å². The van der Waals surface area contributed by atoms with Gasteiger partial charge in [-0.15, -0.1) is 11.3 Å². The number of hydrogen-bond donors (Lipinski definition) is 0. The zero-order valence-corrected chi connectivity index (χ0v) is 17.4. The van der Waals surface area contributed by atoms with Gasteiger partial charge in [0.15, 0.2) is 0 Å². The molecule has 0 aliphatic rings. The molecule has 7 heteroatoms. The van der Waals surface area contributed by atoms with Crippen LogP contribution in [0.5, 0.6) is 0 Å². The van der Waals surface area contributed by atoms with Crippen molar-refractivity contribution in [2.45, 2.75) is 25.8 Å². The predicted molar refractivity (Wildman–Crippen MR) is 116 cm³/mol. The summed E-state index contributed by atoms with van der Waals surface area (Å²) in [5.74, 6) is 0.613. The van der Waals surface area contributed by atoms with E-state index in [0.29, 0.717) is 23.1 Å². The molecule has 0 N–H and O–H groups in total. The van der Waals surface area contributed by atoms with Crippen molar-refractivity contribution >= 4 is 38.4 Å². The van der Waals surface area contributed by atoms with Crippen LogP contribution in [0.4, 0.5) is 0 Å². The molecule has 0 saturated heterocycles. The molecule has 0 saturated carbocycles. The van der Waals surface area contributed by atoms with E-state index in [1.165, 1.54) is 4.57 Å². The Morgan fingerprint density at radius 1 is 1.10 bits per heavy atom. The molecule has 6 nitrogen and oxygen atoms in total. The molecule has 0 spiro atoms. The summed E-state index contributed by atoms with van der Waals surface area (Å²) in [7, 11) is 3.50. The van der Waals surface area contributed by atoms with Crippen LogP contribution in [0.1, 0.15) is 30.2 Å². The Kier molecular flexibility index (Phi) is 5.15. The zero-order valence-electron chi connectivity index (χ0n) is 16.6. The molecule has 2 heterocycles. The molecular formula is C22H22N4O2S. The highest BCUT2D eigenvalue weighted by molar-refractivity contribution is 7.18. The average molecular weight is 407 g/mol. The summed E-state index contributed by atoms with van der Waals surface area (Å²) >= 11 is 1.61. The highest BCUT2D eigenvalue weighted by Crippen LogP contribution is 2.29. The standard InChI is InChI=1S/C22H22N4O2S/c1-14(21-24-17-10-6-7-11-18(17)29-21)25(2)20(27)13-12-19-23-16-9-5-4-8-15(16)22(28)26(19)3/h4-11,14H,12-13H2,1-3H3/t14-/m1/s1. The minimum absolute atomic E-state index is 0.000774. The number of benzene rings is 2. The molecule has 0 aliphatic carbocycles. The van der Waals surface area contributed by atoms with Crippen LogP contribution < -0.4 is 5.56 Å². The van der Waals surface area contributed by atoms with Gasteiger partial charge in [0.2, 0.25) is 5.91 Å². The quantitative estimate of drug-likeness (QED) is 0.507. The maximum atomic E-state index is 12.8. The lowest BCUT2D eigenvalue weighted by atomic mass is 10.2. The first kappa shape index (κ1) is 19.3. The van der Waals surface area contributed by atoms with Crippen molar-refractivity contribution in [3.8, 4) is 0 Å². The third-order valence-electron chi connectivity index (χ3n) is 5.28. The number of hydrogen-bond acceptors (Lipinski definition) is 5. The Bertz CT molecular complexity index is 1230. The number of carbonyl (C=O) groups excluding carboxylic acids is 1. The molecular weight excluding hydrogens is 384 g/mol. The van der Waals surface area contributed by atoms with E-state index in [2.05, 4.69) is 9.97 Å².